The van der Waals surface area contributed by atoms with E-state index in [1.54, 1.807) is 12.3 Å². The first kappa shape index (κ1) is 10.1. The van der Waals surface area contributed by atoms with Crippen LogP contribution in [0.3, 0.4) is 0 Å². The largest absolute Gasteiger partial charge is 0.336 e. The number of pyridine rings is 1. The maximum Gasteiger partial charge on any atom is 0.272 e. The van der Waals surface area contributed by atoms with E-state index < -0.39 is 0 Å². The van der Waals surface area contributed by atoms with Crippen LogP contribution in [-0.4, -0.2) is 42.0 Å². The van der Waals surface area contributed by atoms with Crippen molar-refractivity contribution in [2.45, 2.75) is 12.5 Å². The van der Waals surface area contributed by atoms with Gasteiger partial charge in [-0.3, -0.25) is 9.78 Å². The fourth-order valence-electron chi connectivity index (χ4n) is 1.83. The van der Waals surface area contributed by atoms with Gasteiger partial charge in [0.2, 0.25) is 0 Å². The van der Waals surface area contributed by atoms with Crippen molar-refractivity contribution < 1.29 is 4.79 Å². The molecule has 1 atom stereocenters. The molecule has 0 aromatic carbocycles. The van der Waals surface area contributed by atoms with Gasteiger partial charge in [-0.15, -0.1) is 0 Å². The van der Waals surface area contributed by atoms with E-state index >= 15 is 0 Å². The number of rotatable bonds is 2. The molecule has 0 radical (unpaired) electrons. The molecule has 1 N–H and O–H groups in total. The Bertz CT molecular complexity index is 339. The normalized spacial score (nSPS) is 20.6. The third kappa shape index (κ3) is 2.15. The second kappa shape index (κ2) is 4.40. The highest BCUT2D eigenvalue weighted by molar-refractivity contribution is 5.92. The van der Waals surface area contributed by atoms with Crippen LogP contribution in [0.5, 0.6) is 0 Å². The van der Waals surface area contributed by atoms with Crippen LogP contribution in [0.15, 0.2) is 24.4 Å². The smallest absolute Gasteiger partial charge is 0.272 e. The molecule has 2 rings (SSSR count). The van der Waals surface area contributed by atoms with Gasteiger partial charge in [0, 0.05) is 25.3 Å². The number of carbonyl (C=O) groups excluding carboxylic acids is 1. The zero-order chi connectivity index (χ0) is 10.7. The van der Waals surface area contributed by atoms with E-state index in [0.717, 1.165) is 19.5 Å². The quantitative estimate of drug-likeness (QED) is 0.765. The molecule has 0 aliphatic carbocycles. The van der Waals surface area contributed by atoms with Crippen molar-refractivity contribution in [1.29, 1.82) is 0 Å². The molecule has 80 valence electrons. The number of hydrogen-bond donors (Lipinski definition) is 1. The van der Waals surface area contributed by atoms with Crippen LogP contribution < -0.4 is 5.32 Å². The van der Waals surface area contributed by atoms with E-state index in [2.05, 4.69) is 10.3 Å². The standard InChI is InChI=1S/C11H15N3O/c1-12-9-5-7-14(8-9)11(15)10-4-2-3-6-13-10/h2-4,6,9,12H,5,7-8H2,1H3. The second-order valence-corrected chi connectivity index (χ2v) is 3.74. The minimum Gasteiger partial charge on any atom is -0.336 e. The molecular formula is C11H15N3O. The third-order valence-electron chi connectivity index (χ3n) is 2.77. The Morgan fingerprint density at radius 3 is 3.07 bits per heavy atom. The molecule has 1 aliphatic rings. The first-order valence-corrected chi connectivity index (χ1v) is 5.19. The van der Waals surface area contributed by atoms with Gasteiger partial charge in [0.1, 0.15) is 5.69 Å². The fourth-order valence-corrected chi connectivity index (χ4v) is 1.83. The van der Waals surface area contributed by atoms with Crippen molar-refractivity contribution in [3.8, 4) is 0 Å². The molecule has 1 aliphatic heterocycles. The molecule has 1 amide bonds. The van der Waals surface area contributed by atoms with Crippen LogP contribution in [-0.2, 0) is 0 Å². The van der Waals surface area contributed by atoms with Crippen molar-refractivity contribution in [2.24, 2.45) is 0 Å². The molecule has 1 unspecified atom stereocenters. The van der Waals surface area contributed by atoms with E-state index in [-0.39, 0.29) is 5.91 Å². The Kier molecular flexibility index (Phi) is 2.97. The number of amides is 1. The SMILES string of the molecule is CNC1CCN(C(=O)c2ccccn2)C1. The van der Waals surface area contributed by atoms with Gasteiger partial charge in [-0.2, -0.15) is 0 Å². The molecule has 1 saturated heterocycles. The van der Waals surface area contributed by atoms with Gasteiger partial charge in [-0.25, -0.2) is 0 Å². The fraction of sp³-hybridized carbons (Fsp3) is 0.455. The Balaban J connectivity index is 2.04. The Hall–Kier alpha value is -1.42. The van der Waals surface area contributed by atoms with Crippen LogP contribution >= 0.6 is 0 Å². The van der Waals surface area contributed by atoms with Crippen molar-refractivity contribution in [3.63, 3.8) is 0 Å². The lowest BCUT2D eigenvalue weighted by Gasteiger charge is -2.15. The zero-order valence-electron chi connectivity index (χ0n) is 8.81. The topological polar surface area (TPSA) is 45.2 Å². The van der Waals surface area contributed by atoms with Crippen LogP contribution in [0.2, 0.25) is 0 Å². The first-order valence-electron chi connectivity index (χ1n) is 5.19. The molecule has 4 heteroatoms. The van der Waals surface area contributed by atoms with Crippen molar-refractivity contribution in [1.82, 2.24) is 15.2 Å². The van der Waals surface area contributed by atoms with Gasteiger partial charge < -0.3 is 10.2 Å². The molecule has 0 spiro atoms. The van der Waals surface area contributed by atoms with Gasteiger partial charge >= 0.3 is 0 Å². The number of likely N-dealkylation sites (tertiary alicyclic amines) is 1. The monoisotopic (exact) mass is 205 g/mol. The molecule has 15 heavy (non-hydrogen) atoms. The summed E-state index contributed by atoms with van der Waals surface area (Å²) in [6, 6.07) is 5.84. The molecule has 1 aromatic rings. The Labute approximate surface area is 89.3 Å². The van der Waals surface area contributed by atoms with E-state index in [0.29, 0.717) is 11.7 Å². The van der Waals surface area contributed by atoms with Crippen LogP contribution in [0.25, 0.3) is 0 Å². The van der Waals surface area contributed by atoms with Crippen LogP contribution in [0, 0.1) is 0 Å². The van der Waals surface area contributed by atoms with Crippen molar-refractivity contribution in [3.05, 3.63) is 30.1 Å². The van der Waals surface area contributed by atoms with Gasteiger partial charge in [0.05, 0.1) is 0 Å². The summed E-state index contributed by atoms with van der Waals surface area (Å²) in [6.07, 6.45) is 2.67. The summed E-state index contributed by atoms with van der Waals surface area (Å²) in [5, 5.41) is 3.19. The predicted molar refractivity (Wildman–Crippen MR) is 57.6 cm³/mol. The summed E-state index contributed by atoms with van der Waals surface area (Å²) in [6.45, 7) is 1.60. The maximum absolute atomic E-state index is 11.9. The van der Waals surface area contributed by atoms with Gasteiger partial charge in [-0.1, -0.05) is 6.07 Å². The van der Waals surface area contributed by atoms with Gasteiger partial charge in [-0.05, 0) is 25.6 Å². The number of carbonyl (C=O) groups is 1. The number of aromatic nitrogens is 1. The number of nitrogens with zero attached hydrogens (tertiary/aromatic N) is 2. The molecule has 2 heterocycles. The Morgan fingerprint density at radius 1 is 1.60 bits per heavy atom. The number of hydrogen-bond acceptors (Lipinski definition) is 3. The summed E-state index contributed by atoms with van der Waals surface area (Å²) < 4.78 is 0. The minimum atomic E-state index is 0.0355. The zero-order valence-corrected chi connectivity index (χ0v) is 8.81. The van der Waals surface area contributed by atoms with Crippen molar-refractivity contribution in [2.75, 3.05) is 20.1 Å². The molecule has 1 fully saturated rings. The highest BCUT2D eigenvalue weighted by Crippen LogP contribution is 2.11. The van der Waals surface area contributed by atoms with Crippen LogP contribution in [0.1, 0.15) is 16.9 Å². The summed E-state index contributed by atoms with van der Waals surface area (Å²) in [5.74, 6) is 0.0355. The highest BCUT2D eigenvalue weighted by atomic mass is 16.2. The third-order valence-corrected chi connectivity index (χ3v) is 2.77. The predicted octanol–water partition coefficient (Wildman–Crippen LogP) is 0.515. The first-order chi connectivity index (χ1) is 7.31. The summed E-state index contributed by atoms with van der Waals surface area (Å²) in [7, 11) is 1.93. The van der Waals surface area contributed by atoms with E-state index in [4.69, 9.17) is 0 Å². The van der Waals surface area contributed by atoms with Crippen molar-refractivity contribution >= 4 is 5.91 Å². The van der Waals surface area contributed by atoms with E-state index in [9.17, 15) is 4.79 Å². The highest BCUT2D eigenvalue weighted by Gasteiger charge is 2.26. The number of nitrogens with one attached hydrogen (secondary N) is 1. The van der Waals surface area contributed by atoms with E-state index in [1.807, 2.05) is 24.1 Å². The molecule has 0 saturated carbocycles. The number of likely N-dealkylation sites (N-methyl/N-ethyl adjacent to an activating group) is 1. The summed E-state index contributed by atoms with van der Waals surface area (Å²) >= 11 is 0. The molecule has 0 bridgehead atoms. The second-order valence-electron chi connectivity index (χ2n) is 3.74. The van der Waals surface area contributed by atoms with Crippen LogP contribution in [0.4, 0.5) is 0 Å². The molecule has 4 nitrogen and oxygen atoms in total. The minimum absolute atomic E-state index is 0.0355. The summed E-state index contributed by atoms with van der Waals surface area (Å²) in [5.41, 5.74) is 0.536. The van der Waals surface area contributed by atoms with Gasteiger partial charge in [0.25, 0.3) is 5.91 Å². The Morgan fingerprint density at radius 2 is 2.47 bits per heavy atom. The average Bonchev–Trinajstić information content (AvgIpc) is 2.78. The lowest BCUT2D eigenvalue weighted by atomic mass is 10.3. The summed E-state index contributed by atoms with van der Waals surface area (Å²) in [4.78, 5) is 17.9. The lowest BCUT2D eigenvalue weighted by Crippen LogP contribution is -2.33. The lowest BCUT2D eigenvalue weighted by molar-refractivity contribution is 0.0784. The molecule has 1 aromatic heterocycles. The van der Waals surface area contributed by atoms with Gasteiger partial charge in [0.15, 0.2) is 0 Å². The average molecular weight is 205 g/mol. The maximum atomic E-state index is 11.9. The molecular weight excluding hydrogens is 190 g/mol. The van der Waals surface area contributed by atoms with E-state index in [1.165, 1.54) is 0 Å².